The highest BCUT2D eigenvalue weighted by molar-refractivity contribution is 5.88. The van der Waals surface area contributed by atoms with Gasteiger partial charge in [-0.1, -0.05) is 24.3 Å². The van der Waals surface area contributed by atoms with Crippen molar-refractivity contribution in [1.29, 1.82) is 0 Å². The van der Waals surface area contributed by atoms with Crippen LogP contribution in [0.2, 0.25) is 0 Å². The SMILES string of the molecule is CN(C(=O)Oc1cccc(N)c1)c1ccccc1. The van der Waals surface area contributed by atoms with Crippen LogP contribution in [0.25, 0.3) is 0 Å². The summed E-state index contributed by atoms with van der Waals surface area (Å²) in [5.41, 5.74) is 6.94. The summed E-state index contributed by atoms with van der Waals surface area (Å²) in [5, 5.41) is 0. The normalized spacial score (nSPS) is 9.83. The third-order valence-corrected chi connectivity index (χ3v) is 2.48. The Hall–Kier alpha value is -2.49. The lowest BCUT2D eigenvalue weighted by Crippen LogP contribution is -2.29. The van der Waals surface area contributed by atoms with Gasteiger partial charge in [0.2, 0.25) is 0 Å². The Morgan fingerprint density at radius 2 is 1.83 bits per heavy atom. The molecule has 0 bridgehead atoms. The number of anilines is 2. The summed E-state index contributed by atoms with van der Waals surface area (Å²) in [6, 6.07) is 16.0. The monoisotopic (exact) mass is 242 g/mol. The Labute approximate surface area is 106 Å². The molecule has 0 heterocycles. The number of benzene rings is 2. The third-order valence-electron chi connectivity index (χ3n) is 2.48. The molecule has 0 radical (unpaired) electrons. The van der Waals surface area contributed by atoms with Crippen LogP contribution < -0.4 is 15.4 Å². The molecular formula is C14H14N2O2. The van der Waals surface area contributed by atoms with Gasteiger partial charge in [-0.15, -0.1) is 0 Å². The second-order valence-corrected chi connectivity index (χ2v) is 3.84. The van der Waals surface area contributed by atoms with E-state index in [1.807, 2.05) is 30.3 Å². The van der Waals surface area contributed by atoms with Crippen molar-refractivity contribution in [1.82, 2.24) is 0 Å². The van der Waals surface area contributed by atoms with E-state index in [1.165, 1.54) is 4.90 Å². The van der Waals surface area contributed by atoms with Crippen LogP contribution >= 0.6 is 0 Å². The number of nitrogens with zero attached hydrogens (tertiary/aromatic N) is 1. The van der Waals surface area contributed by atoms with Gasteiger partial charge in [0.15, 0.2) is 0 Å². The number of para-hydroxylation sites is 1. The van der Waals surface area contributed by atoms with Crippen LogP contribution in [0.1, 0.15) is 0 Å². The molecule has 0 aliphatic heterocycles. The number of carbonyl (C=O) groups excluding carboxylic acids is 1. The molecule has 0 aliphatic rings. The van der Waals surface area contributed by atoms with Crippen LogP contribution in [0.5, 0.6) is 5.75 Å². The molecule has 2 rings (SSSR count). The zero-order chi connectivity index (χ0) is 13.0. The minimum Gasteiger partial charge on any atom is -0.410 e. The quantitative estimate of drug-likeness (QED) is 0.824. The summed E-state index contributed by atoms with van der Waals surface area (Å²) in [6.07, 6.45) is -0.452. The van der Waals surface area contributed by atoms with Gasteiger partial charge in [-0.05, 0) is 24.3 Å². The van der Waals surface area contributed by atoms with Gasteiger partial charge in [0, 0.05) is 24.5 Å². The molecule has 0 spiro atoms. The van der Waals surface area contributed by atoms with E-state index in [9.17, 15) is 4.79 Å². The standard InChI is InChI=1S/C14H14N2O2/c1-16(12-7-3-2-4-8-12)14(17)18-13-9-5-6-11(15)10-13/h2-10H,15H2,1H3. The van der Waals surface area contributed by atoms with Crippen molar-refractivity contribution in [3.8, 4) is 5.75 Å². The van der Waals surface area contributed by atoms with E-state index >= 15 is 0 Å². The van der Waals surface area contributed by atoms with Crippen LogP contribution in [0.4, 0.5) is 16.2 Å². The summed E-state index contributed by atoms with van der Waals surface area (Å²) in [7, 11) is 1.66. The van der Waals surface area contributed by atoms with E-state index in [0.717, 1.165) is 5.69 Å². The molecule has 0 fully saturated rings. The lowest BCUT2D eigenvalue weighted by molar-refractivity contribution is 0.209. The maximum absolute atomic E-state index is 11.9. The van der Waals surface area contributed by atoms with Crippen molar-refractivity contribution in [3.05, 3.63) is 54.6 Å². The molecule has 0 aromatic heterocycles. The van der Waals surface area contributed by atoms with Gasteiger partial charge in [0.25, 0.3) is 0 Å². The topological polar surface area (TPSA) is 55.6 Å². The minimum atomic E-state index is -0.452. The average Bonchev–Trinajstić information content (AvgIpc) is 2.39. The van der Waals surface area contributed by atoms with Crippen molar-refractivity contribution in [3.63, 3.8) is 0 Å². The van der Waals surface area contributed by atoms with Crippen molar-refractivity contribution in [2.75, 3.05) is 17.7 Å². The summed E-state index contributed by atoms with van der Waals surface area (Å²) in [5.74, 6) is 0.433. The van der Waals surface area contributed by atoms with E-state index in [0.29, 0.717) is 11.4 Å². The zero-order valence-corrected chi connectivity index (χ0v) is 10.0. The molecule has 0 saturated heterocycles. The number of amides is 1. The van der Waals surface area contributed by atoms with Crippen molar-refractivity contribution in [2.24, 2.45) is 0 Å². The molecule has 4 nitrogen and oxygen atoms in total. The van der Waals surface area contributed by atoms with Crippen molar-refractivity contribution in [2.45, 2.75) is 0 Å². The molecule has 0 aliphatic carbocycles. The Balaban J connectivity index is 2.09. The van der Waals surface area contributed by atoms with E-state index in [4.69, 9.17) is 10.5 Å². The first kappa shape index (κ1) is 12.0. The molecule has 2 N–H and O–H groups in total. The van der Waals surface area contributed by atoms with Crippen LogP contribution in [0.3, 0.4) is 0 Å². The highest BCUT2D eigenvalue weighted by Gasteiger charge is 2.12. The van der Waals surface area contributed by atoms with Crippen molar-refractivity contribution < 1.29 is 9.53 Å². The number of nitrogen functional groups attached to an aromatic ring is 1. The Bertz CT molecular complexity index is 541. The van der Waals surface area contributed by atoms with E-state index < -0.39 is 6.09 Å². The van der Waals surface area contributed by atoms with Crippen LogP contribution in [-0.2, 0) is 0 Å². The number of hydrogen-bond acceptors (Lipinski definition) is 3. The smallest absolute Gasteiger partial charge is 0.410 e. The van der Waals surface area contributed by atoms with Crippen LogP contribution in [0.15, 0.2) is 54.6 Å². The second-order valence-electron chi connectivity index (χ2n) is 3.84. The first-order valence-electron chi connectivity index (χ1n) is 5.53. The van der Waals surface area contributed by atoms with Gasteiger partial charge >= 0.3 is 6.09 Å². The predicted octanol–water partition coefficient (Wildman–Crippen LogP) is 2.90. The highest BCUT2D eigenvalue weighted by atomic mass is 16.6. The second kappa shape index (κ2) is 5.23. The molecule has 2 aromatic rings. The lowest BCUT2D eigenvalue weighted by Gasteiger charge is -2.16. The van der Waals surface area contributed by atoms with Gasteiger partial charge in [0.1, 0.15) is 5.75 Å². The fourth-order valence-corrected chi connectivity index (χ4v) is 1.50. The fourth-order valence-electron chi connectivity index (χ4n) is 1.50. The summed E-state index contributed by atoms with van der Waals surface area (Å²) >= 11 is 0. The average molecular weight is 242 g/mol. The Kier molecular flexibility index (Phi) is 3.48. The minimum absolute atomic E-state index is 0.433. The lowest BCUT2D eigenvalue weighted by atomic mass is 10.3. The van der Waals surface area contributed by atoms with E-state index in [-0.39, 0.29) is 0 Å². The van der Waals surface area contributed by atoms with E-state index in [2.05, 4.69) is 0 Å². The Morgan fingerprint density at radius 1 is 1.11 bits per heavy atom. The third kappa shape index (κ3) is 2.79. The highest BCUT2D eigenvalue weighted by Crippen LogP contribution is 2.17. The molecule has 18 heavy (non-hydrogen) atoms. The molecule has 2 aromatic carbocycles. The number of hydrogen-bond donors (Lipinski definition) is 1. The van der Waals surface area contributed by atoms with Gasteiger partial charge in [-0.3, -0.25) is 4.90 Å². The maximum Gasteiger partial charge on any atom is 0.419 e. The molecule has 0 atom stereocenters. The summed E-state index contributed by atoms with van der Waals surface area (Å²) in [4.78, 5) is 13.3. The van der Waals surface area contributed by atoms with Crippen LogP contribution in [-0.4, -0.2) is 13.1 Å². The fraction of sp³-hybridized carbons (Fsp3) is 0.0714. The maximum atomic E-state index is 11.9. The molecular weight excluding hydrogens is 228 g/mol. The molecule has 1 amide bonds. The summed E-state index contributed by atoms with van der Waals surface area (Å²) in [6.45, 7) is 0. The molecule has 0 unspecified atom stereocenters. The molecule has 0 saturated carbocycles. The number of carbonyl (C=O) groups is 1. The molecule has 92 valence electrons. The van der Waals surface area contributed by atoms with E-state index in [1.54, 1.807) is 31.3 Å². The predicted molar refractivity (Wildman–Crippen MR) is 71.7 cm³/mol. The Morgan fingerprint density at radius 3 is 2.50 bits per heavy atom. The largest absolute Gasteiger partial charge is 0.419 e. The number of rotatable bonds is 2. The van der Waals surface area contributed by atoms with Crippen LogP contribution in [0, 0.1) is 0 Å². The first-order valence-corrected chi connectivity index (χ1v) is 5.53. The summed E-state index contributed by atoms with van der Waals surface area (Å²) < 4.78 is 5.22. The van der Waals surface area contributed by atoms with Crippen molar-refractivity contribution >= 4 is 17.5 Å². The first-order chi connectivity index (χ1) is 8.66. The van der Waals surface area contributed by atoms with Gasteiger partial charge in [-0.25, -0.2) is 4.79 Å². The zero-order valence-electron chi connectivity index (χ0n) is 10.0. The number of ether oxygens (including phenoxy) is 1. The number of nitrogens with two attached hydrogens (primary N) is 1. The molecule has 4 heteroatoms. The van der Waals surface area contributed by atoms with Gasteiger partial charge < -0.3 is 10.5 Å². The van der Waals surface area contributed by atoms with Gasteiger partial charge in [0.05, 0.1) is 0 Å². The van der Waals surface area contributed by atoms with Gasteiger partial charge in [-0.2, -0.15) is 0 Å².